The number of nitrogens with zero attached hydrogens (tertiary/aromatic N) is 2. The summed E-state index contributed by atoms with van der Waals surface area (Å²) < 4.78 is 35.6. The highest BCUT2D eigenvalue weighted by Crippen LogP contribution is 2.27. The maximum Gasteiger partial charge on any atom is 0.264 e. The van der Waals surface area contributed by atoms with Gasteiger partial charge >= 0.3 is 0 Å². The molecule has 0 saturated heterocycles. The van der Waals surface area contributed by atoms with Crippen LogP contribution in [0.25, 0.3) is 0 Å². The number of para-hydroxylation sites is 1. The van der Waals surface area contributed by atoms with Gasteiger partial charge in [-0.25, -0.2) is 8.42 Å². The smallest absolute Gasteiger partial charge is 0.264 e. The topological polar surface area (TPSA) is 96.0 Å². The number of hydrogen-bond acceptors (Lipinski definition) is 5. The van der Waals surface area contributed by atoms with Gasteiger partial charge in [-0.15, -0.1) is 0 Å². The molecule has 4 aromatic rings. The number of methoxy groups -OCH3 is 1. The third-order valence-corrected chi connectivity index (χ3v) is 10.8. The van der Waals surface area contributed by atoms with E-state index in [2.05, 4.69) is 21.2 Å². The summed E-state index contributed by atoms with van der Waals surface area (Å²) in [7, 11) is -2.68. The Morgan fingerprint density at radius 3 is 2.06 bits per heavy atom. The Hall–Kier alpha value is -4.15. The van der Waals surface area contributed by atoms with E-state index in [1.165, 1.54) is 24.1 Å². The predicted octanol–water partition coefficient (Wildman–Crippen LogP) is 6.74. The van der Waals surface area contributed by atoms with Gasteiger partial charge in [0.05, 0.1) is 17.7 Å². The fourth-order valence-corrected chi connectivity index (χ4v) is 7.56. The second kappa shape index (κ2) is 16.1. The van der Waals surface area contributed by atoms with E-state index >= 15 is 0 Å². The van der Waals surface area contributed by atoms with Crippen molar-refractivity contribution in [2.75, 3.05) is 18.0 Å². The molecule has 0 radical (unpaired) electrons. The number of carbonyl (C=O) groups excluding carboxylic acids is 2. The van der Waals surface area contributed by atoms with Gasteiger partial charge in [0, 0.05) is 23.5 Å². The molecule has 1 aliphatic rings. The van der Waals surface area contributed by atoms with Crippen LogP contribution in [0.15, 0.2) is 119 Å². The summed E-state index contributed by atoms with van der Waals surface area (Å²) in [5.74, 6) is -0.219. The Morgan fingerprint density at radius 2 is 1.45 bits per heavy atom. The highest BCUT2D eigenvalue weighted by molar-refractivity contribution is 9.10. The average molecular weight is 719 g/mol. The van der Waals surface area contributed by atoms with Crippen LogP contribution in [0.5, 0.6) is 5.75 Å². The Bertz CT molecular complexity index is 1710. The molecular formula is C37H40BrN3O5S. The first kappa shape index (κ1) is 34.2. The van der Waals surface area contributed by atoms with Gasteiger partial charge in [0.1, 0.15) is 18.3 Å². The lowest BCUT2D eigenvalue weighted by molar-refractivity contribution is -0.140. The number of carbonyl (C=O) groups is 2. The maximum atomic E-state index is 14.6. The van der Waals surface area contributed by atoms with Crippen molar-refractivity contribution in [2.24, 2.45) is 0 Å². The Morgan fingerprint density at radius 1 is 0.830 bits per heavy atom. The summed E-state index contributed by atoms with van der Waals surface area (Å²) in [4.78, 5) is 30.4. The van der Waals surface area contributed by atoms with Crippen molar-refractivity contribution >= 4 is 43.5 Å². The number of sulfonamides is 1. The van der Waals surface area contributed by atoms with E-state index in [4.69, 9.17) is 4.74 Å². The van der Waals surface area contributed by atoms with E-state index in [9.17, 15) is 18.0 Å². The monoisotopic (exact) mass is 717 g/mol. The lowest BCUT2D eigenvalue weighted by atomic mass is 9.94. The second-order valence-corrected chi connectivity index (χ2v) is 14.5. The molecule has 1 aliphatic carbocycles. The van der Waals surface area contributed by atoms with E-state index in [0.29, 0.717) is 11.4 Å². The van der Waals surface area contributed by atoms with E-state index in [1.54, 1.807) is 42.5 Å². The van der Waals surface area contributed by atoms with Gasteiger partial charge in [-0.2, -0.15) is 0 Å². The minimum absolute atomic E-state index is 0.0188. The molecule has 1 fully saturated rings. The zero-order valence-electron chi connectivity index (χ0n) is 26.4. The molecule has 0 aromatic heterocycles. The van der Waals surface area contributed by atoms with Gasteiger partial charge in [0.25, 0.3) is 10.0 Å². The van der Waals surface area contributed by atoms with E-state index in [0.717, 1.165) is 52.0 Å². The molecule has 1 N–H and O–H groups in total. The van der Waals surface area contributed by atoms with Crippen molar-refractivity contribution in [2.45, 2.75) is 62.0 Å². The molecule has 1 atom stereocenters. The summed E-state index contributed by atoms with van der Waals surface area (Å²) in [6.45, 7) is -0.385. The number of nitrogens with one attached hydrogen (secondary N) is 1. The van der Waals surface area contributed by atoms with E-state index < -0.39 is 28.5 Å². The lowest BCUT2D eigenvalue weighted by Crippen LogP contribution is -2.55. The first-order valence-electron chi connectivity index (χ1n) is 15.8. The normalized spacial score (nSPS) is 14.2. The minimum atomic E-state index is -4.19. The second-order valence-electron chi connectivity index (χ2n) is 11.7. The summed E-state index contributed by atoms with van der Waals surface area (Å²) in [6.07, 6.45) is 5.30. The summed E-state index contributed by atoms with van der Waals surface area (Å²) >= 11 is 3.48. The van der Waals surface area contributed by atoms with Crippen molar-refractivity contribution in [1.29, 1.82) is 0 Å². The molecular weight excluding hydrogens is 678 g/mol. The summed E-state index contributed by atoms with van der Waals surface area (Å²) in [5, 5.41) is 3.24. The van der Waals surface area contributed by atoms with Crippen molar-refractivity contribution < 1.29 is 22.7 Å². The third kappa shape index (κ3) is 9.02. The molecule has 246 valence electrons. The number of anilines is 1. The fraction of sp³-hybridized carbons (Fsp3) is 0.297. The zero-order valence-corrected chi connectivity index (χ0v) is 28.8. The zero-order chi connectivity index (χ0) is 33.2. The van der Waals surface area contributed by atoms with Crippen LogP contribution >= 0.6 is 15.9 Å². The van der Waals surface area contributed by atoms with Crippen LogP contribution in [0, 0.1) is 0 Å². The molecule has 5 rings (SSSR count). The van der Waals surface area contributed by atoms with Crippen molar-refractivity contribution in [3.05, 3.63) is 125 Å². The van der Waals surface area contributed by atoms with Crippen LogP contribution in [-0.4, -0.2) is 50.9 Å². The lowest BCUT2D eigenvalue weighted by Gasteiger charge is -2.35. The number of hydrogen-bond donors (Lipinski definition) is 1. The largest absolute Gasteiger partial charge is 0.497 e. The quantitative estimate of drug-likeness (QED) is 0.165. The van der Waals surface area contributed by atoms with Crippen LogP contribution in [0.1, 0.15) is 43.2 Å². The molecule has 47 heavy (non-hydrogen) atoms. The summed E-state index contributed by atoms with van der Waals surface area (Å²) in [6, 6.07) is 30.9. The van der Waals surface area contributed by atoms with Crippen LogP contribution in [0.4, 0.5) is 5.69 Å². The highest BCUT2D eigenvalue weighted by atomic mass is 79.9. The predicted molar refractivity (Wildman–Crippen MR) is 188 cm³/mol. The van der Waals surface area contributed by atoms with Crippen LogP contribution in [0.2, 0.25) is 0 Å². The average Bonchev–Trinajstić information content (AvgIpc) is 3.10. The first-order chi connectivity index (χ1) is 22.7. The standard InChI is InChI=1S/C37H40BrN3O5S/c1-46-33-21-23-34(24-22-33)47(44,45)41(32-15-9-4-10-16-32)27-36(42)40(26-29-17-19-30(38)20-18-29)35(25-28-11-5-2-6-12-28)37(43)39-31-13-7-3-8-14-31/h2,4-6,9-12,15-24,31,35H,3,7-8,13-14,25-27H2,1H3,(H,39,43)/t35-/m0/s1. The molecule has 10 heteroatoms. The molecule has 2 amide bonds. The third-order valence-electron chi connectivity index (χ3n) is 8.46. The van der Waals surface area contributed by atoms with Crippen LogP contribution < -0.4 is 14.4 Å². The Labute approximate surface area is 285 Å². The number of amides is 2. The molecule has 0 unspecified atom stereocenters. The van der Waals surface area contributed by atoms with E-state index in [-0.39, 0.29) is 29.8 Å². The van der Waals surface area contributed by atoms with Crippen molar-refractivity contribution in [1.82, 2.24) is 10.2 Å². The Kier molecular flexibility index (Phi) is 11.7. The Balaban J connectivity index is 1.54. The van der Waals surface area contributed by atoms with Gasteiger partial charge in [0.15, 0.2) is 0 Å². The first-order valence-corrected chi connectivity index (χ1v) is 18.1. The molecule has 4 aromatic carbocycles. The fourth-order valence-electron chi connectivity index (χ4n) is 5.88. The molecule has 0 heterocycles. The van der Waals surface area contributed by atoms with Gasteiger partial charge in [-0.3, -0.25) is 13.9 Å². The van der Waals surface area contributed by atoms with Gasteiger partial charge in [-0.1, -0.05) is 95.9 Å². The van der Waals surface area contributed by atoms with E-state index in [1.807, 2.05) is 54.6 Å². The van der Waals surface area contributed by atoms with Crippen molar-refractivity contribution in [3.63, 3.8) is 0 Å². The maximum absolute atomic E-state index is 14.6. The van der Waals surface area contributed by atoms with Gasteiger partial charge < -0.3 is 15.0 Å². The molecule has 0 spiro atoms. The number of benzene rings is 4. The molecule has 1 saturated carbocycles. The number of halogens is 1. The highest BCUT2D eigenvalue weighted by Gasteiger charge is 2.35. The molecule has 0 aliphatic heterocycles. The van der Waals surface area contributed by atoms with Crippen molar-refractivity contribution in [3.8, 4) is 5.75 Å². The number of rotatable bonds is 13. The van der Waals surface area contributed by atoms with Crippen LogP contribution in [0.3, 0.4) is 0 Å². The SMILES string of the molecule is COc1ccc(S(=O)(=O)N(CC(=O)N(Cc2ccc(Br)cc2)[C@@H](Cc2ccccc2)C(=O)NC2CCCCC2)c2ccccc2)cc1. The molecule has 8 nitrogen and oxygen atoms in total. The van der Waals surface area contributed by atoms with Gasteiger partial charge in [-0.05, 0) is 72.5 Å². The van der Waals surface area contributed by atoms with Crippen LogP contribution in [-0.2, 0) is 32.6 Å². The number of ether oxygens (including phenoxy) is 1. The van der Waals surface area contributed by atoms with Gasteiger partial charge in [0.2, 0.25) is 11.8 Å². The summed E-state index contributed by atoms with van der Waals surface area (Å²) in [5.41, 5.74) is 2.05. The minimum Gasteiger partial charge on any atom is -0.497 e. The molecule has 0 bridgehead atoms.